The highest BCUT2D eigenvalue weighted by atomic mass is 32.2. The molecule has 0 aromatic carbocycles. The number of pyridine rings is 1. The molecule has 1 aliphatic carbocycles. The van der Waals surface area contributed by atoms with Crippen molar-refractivity contribution in [1.82, 2.24) is 9.71 Å². The smallest absolute Gasteiger partial charge is 0.261 e. The molecule has 0 bridgehead atoms. The van der Waals surface area contributed by atoms with Gasteiger partial charge in [0.2, 0.25) is 5.03 Å². The predicted octanol–water partition coefficient (Wildman–Crippen LogP) is 0.676. The lowest BCUT2D eigenvalue weighted by Gasteiger charge is -2.34. The number of halogens is 1. The lowest BCUT2D eigenvalue weighted by Crippen LogP contribution is -2.47. The second-order valence-electron chi connectivity index (χ2n) is 3.94. The molecule has 2 rings (SSSR count). The fourth-order valence-corrected chi connectivity index (χ4v) is 2.97. The number of hydrogen-bond acceptors (Lipinski definition) is 4. The minimum Gasteiger partial charge on any atom is -0.381 e. The van der Waals surface area contributed by atoms with Crippen molar-refractivity contribution in [1.29, 1.82) is 0 Å². The van der Waals surface area contributed by atoms with Crippen LogP contribution in [0.25, 0.3) is 0 Å². The Morgan fingerprint density at radius 3 is 2.82 bits per heavy atom. The number of sulfonamides is 1. The summed E-state index contributed by atoms with van der Waals surface area (Å²) < 4.78 is 44.3. The molecule has 7 heteroatoms. The normalized spacial score (nSPS) is 24.4. The van der Waals surface area contributed by atoms with Gasteiger partial charge in [0.25, 0.3) is 10.0 Å². The van der Waals surface area contributed by atoms with Gasteiger partial charge in [-0.3, -0.25) is 0 Å². The number of ether oxygens (including phenoxy) is 1. The lowest BCUT2D eigenvalue weighted by molar-refractivity contribution is 0.0236. The molecular weight excluding hydrogens is 247 g/mol. The van der Waals surface area contributed by atoms with Crippen LogP contribution in [0.3, 0.4) is 0 Å². The van der Waals surface area contributed by atoms with E-state index in [1.165, 1.54) is 12.3 Å². The van der Waals surface area contributed by atoms with Gasteiger partial charge in [-0.05, 0) is 25.0 Å². The molecule has 0 aliphatic heterocycles. The molecular formula is C10H13FN2O3S. The van der Waals surface area contributed by atoms with Gasteiger partial charge in [0.05, 0.1) is 6.10 Å². The van der Waals surface area contributed by atoms with Crippen LogP contribution in [-0.2, 0) is 14.8 Å². The van der Waals surface area contributed by atoms with E-state index in [4.69, 9.17) is 4.74 Å². The third-order valence-corrected chi connectivity index (χ3v) is 4.18. The van der Waals surface area contributed by atoms with E-state index in [2.05, 4.69) is 9.71 Å². The third kappa shape index (κ3) is 2.62. The minimum atomic E-state index is -3.87. The van der Waals surface area contributed by atoms with Crippen molar-refractivity contribution < 1.29 is 17.5 Å². The fraction of sp³-hybridized carbons (Fsp3) is 0.500. The van der Waals surface area contributed by atoms with Gasteiger partial charge < -0.3 is 4.74 Å². The number of hydrogen-bond donors (Lipinski definition) is 1. The Morgan fingerprint density at radius 2 is 2.24 bits per heavy atom. The molecule has 1 heterocycles. The summed E-state index contributed by atoms with van der Waals surface area (Å²) in [7, 11) is -2.30. The molecule has 1 aromatic heterocycles. The Hall–Kier alpha value is -1.05. The second-order valence-corrected chi connectivity index (χ2v) is 5.57. The van der Waals surface area contributed by atoms with Gasteiger partial charge in [0, 0.05) is 19.3 Å². The molecule has 1 aromatic rings. The highest BCUT2D eigenvalue weighted by Gasteiger charge is 2.33. The van der Waals surface area contributed by atoms with E-state index in [9.17, 15) is 12.8 Å². The van der Waals surface area contributed by atoms with Crippen LogP contribution in [0.15, 0.2) is 23.4 Å². The minimum absolute atomic E-state index is 0.0799. The molecule has 0 amide bonds. The zero-order valence-electron chi connectivity index (χ0n) is 9.26. The molecule has 17 heavy (non-hydrogen) atoms. The van der Waals surface area contributed by atoms with E-state index in [1.54, 1.807) is 7.11 Å². The van der Waals surface area contributed by atoms with Gasteiger partial charge in [0.1, 0.15) is 0 Å². The van der Waals surface area contributed by atoms with E-state index < -0.39 is 20.9 Å². The monoisotopic (exact) mass is 260 g/mol. The maximum atomic E-state index is 13.3. The average molecular weight is 260 g/mol. The molecule has 1 aliphatic rings. The van der Waals surface area contributed by atoms with Crippen molar-refractivity contribution in [3.8, 4) is 0 Å². The molecule has 0 saturated heterocycles. The Bertz CT molecular complexity index is 500. The van der Waals surface area contributed by atoms with E-state index in [0.29, 0.717) is 12.8 Å². The van der Waals surface area contributed by atoms with Gasteiger partial charge in [-0.25, -0.2) is 22.5 Å². The van der Waals surface area contributed by atoms with Crippen molar-refractivity contribution in [3.05, 3.63) is 24.1 Å². The Kier molecular flexibility index (Phi) is 3.41. The lowest BCUT2D eigenvalue weighted by atomic mass is 9.90. The van der Waals surface area contributed by atoms with Crippen molar-refractivity contribution in [2.24, 2.45) is 0 Å². The first-order valence-corrected chi connectivity index (χ1v) is 6.67. The van der Waals surface area contributed by atoms with Crippen LogP contribution in [0, 0.1) is 5.82 Å². The van der Waals surface area contributed by atoms with Crippen LogP contribution in [0.2, 0.25) is 0 Å². The van der Waals surface area contributed by atoms with Crippen LogP contribution in [-0.4, -0.2) is 32.7 Å². The number of nitrogens with zero attached hydrogens (tertiary/aromatic N) is 1. The topological polar surface area (TPSA) is 68.3 Å². The van der Waals surface area contributed by atoms with Crippen LogP contribution in [0.1, 0.15) is 12.8 Å². The van der Waals surface area contributed by atoms with Gasteiger partial charge in [-0.1, -0.05) is 0 Å². The van der Waals surface area contributed by atoms with Crippen molar-refractivity contribution in [3.63, 3.8) is 0 Å². The number of nitrogens with one attached hydrogen (secondary N) is 1. The van der Waals surface area contributed by atoms with E-state index in [-0.39, 0.29) is 12.1 Å². The number of aromatic nitrogens is 1. The molecule has 1 N–H and O–H groups in total. The molecule has 5 nitrogen and oxygen atoms in total. The highest BCUT2D eigenvalue weighted by molar-refractivity contribution is 7.89. The summed E-state index contributed by atoms with van der Waals surface area (Å²) in [6, 6.07) is 2.21. The SMILES string of the molecule is COC1CC(NS(=O)(=O)c2ncccc2F)C1. The van der Waals surface area contributed by atoms with Crippen LogP contribution in [0.5, 0.6) is 0 Å². The third-order valence-electron chi connectivity index (χ3n) is 2.73. The zero-order chi connectivity index (χ0) is 12.5. The summed E-state index contributed by atoms with van der Waals surface area (Å²) in [4.78, 5) is 3.54. The standard InChI is InChI=1S/C10H13FN2O3S/c1-16-8-5-7(6-8)13-17(14,15)10-9(11)3-2-4-12-10/h2-4,7-8,13H,5-6H2,1H3. The number of methoxy groups -OCH3 is 1. The molecule has 0 radical (unpaired) electrons. The molecule has 0 unspecified atom stereocenters. The molecule has 0 spiro atoms. The van der Waals surface area contributed by atoms with Gasteiger partial charge in [-0.2, -0.15) is 0 Å². The van der Waals surface area contributed by atoms with Crippen LogP contribution < -0.4 is 4.72 Å². The first kappa shape index (κ1) is 12.4. The Labute approximate surface area is 99.1 Å². The average Bonchev–Trinajstić information content (AvgIpc) is 2.23. The summed E-state index contributed by atoms with van der Waals surface area (Å²) in [5.41, 5.74) is 0. The maximum Gasteiger partial charge on any atom is 0.261 e. The zero-order valence-corrected chi connectivity index (χ0v) is 10.1. The van der Waals surface area contributed by atoms with Crippen molar-refractivity contribution in [2.45, 2.75) is 30.0 Å². The van der Waals surface area contributed by atoms with E-state index in [0.717, 1.165) is 6.07 Å². The summed E-state index contributed by atoms with van der Waals surface area (Å²) in [5.74, 6) is -0.845. The van der Waals surface area contributed by atoms with E-state index in [1.807, 2.05) is 0 Å². The van der Waals surface area contributed by atoms with Gasteiger partial charge in [0.15, 0.2) is 5.82 Å². The predicted molar refractivity (Wildman–Crippen MR) is 58.3 cm³/mol. The maximum absolute atomic E-state index is 13.3. The summed E-state index contributed by atoms with van der Waals surface area (Å²) in [6.07, 6.45) is 2.53. The largest absolute Gasteiger partial charge is 0.381 e. The van der Waals surface area contributed by atoms with Crippen molar-refractivity contribution >= 4 is 10.0 Å². The van der Waals surface area contributed by atoms with Gasteiger partial charge >= 0.3 is 0 Å². The molecule has 94 valence electrons. The summed E-state index contributed by atoms with van der Waals surface area (Å²) in [6.45, 7) is 0. The van der Waals surface area contributed by atoms with Crippen LogP contribution >= 0.6 is 0 Å². The number of rotatable bonds is 4. The quantitative estimate of drug-likeness (QED) is 0.864. The molecule has 0 atom stereocenters. The Morgan fingerprint density at radius 1 is 1.53 bits per heavy atom. The summed E-state index contributed by atoms with van der Waals surface area (Å²) >= 11 is 0. The van der Waals surface area contributed by atoms with Crippen molar-refractivity contribution in [2.75, 3.05) is 7.11 Å². The van der Waals surface area contributed by atoms with Gasteiger partial charge in [-0.15, -0.1) is 0 Å². The first-order valence-electron chi connectivity index (χ1n) is 5.18. The molecule has 1 fully saturated rings. The summed E-state index contributed by atoms with van der Waals surface area (Å²) in [5, 5.41) is -0.555. The highest BCUT2D eigenvalue weighted by Crippen LogP contribution is 2.24. The first-order chi connectivity index (χ1) is 8.03. The Balaban J connectivity index is 2.08. The van der Waals surface area contributed by atoms with E-state index >= 15 is 0 Å². The fourth-order valence-electron chi connectivity index (χ4n) is 1.70. The molecule has 1 saturated carbocycles. The van der Waals surface area contributed by atoms with Crippen LogP contribution in [0.4, 0.5) is 4.39 Å². The second kappa shape index (κ2) is 4.67.